The Morgan fingerprint density at radius 3 is 2.67 bits per heavy atom. The van der Waals surface area contributed by atoms with Crippen LogP contribution in [0.1, 0.15) is 25.3 Å². The van der Waals surface area contributed by atoms with Crippen molar-refractivity contribution >= 4 is 18.5 Å². The molecule has 0 saturated carbocycles. The van der Waals surface area contributed by atoms with Gasteiger partial charge in [0.25, 0.3) is 0 Å². The molecule has 1 aromatic carbocycles. The molecule has 0 spiro atoms. The molecule has 82 valence electrons. The summed E-state index contributed by atoms with van der Waals surface area (Å²) in [7, 11) is 0. The molecule has 1 aromatic rings. The third-order valence-electron chi connectivity index (χ3n) is 2.08. The lowest BCUT2D eigenvalue weighted by Gasteiger charge is -2.07. The third kappa shape index (κ3) is 5.47. The monoisotopic (exact) mass is 223 g/mol. The van der Waals surface area contributed by atoms with Gasteiger partial charge in [-0.2, -0.15) is 12.6 Å². The standard InChI is InChI=1S/C12H17NOS/c1-10(15)13-12(14)9-5-8-11-6-3-2-4-7-11/h2-4,6-7,10,15H,5,8-9H2,1H3,(H,13,14). The Morgan fingerprint density at radius 2 is 2.07 bits per heavy atom. The minimum absolute atomic E-state index is 0.0609. The van der Waals surface area contributed by atoms with Crippen molar-refractivity contribution in [2.24, 2.45) is 0 Å². The van der Waals surface area contributed by atoms with Crippen LogP contribution in [0, 0.1) is 0 Å². The zero-order valence-corrected chi connectivity index (χ0v) is 9.84. The lowest BCUT2D eigenvalue weighted by atomic mass is 10.1. The van der Waals surface area contributed by atoms with Crippen molar-refractivity contribution in [1.82, 2.24) is 5.32 Å². The third-order valence-corrected chi connectivity index (χ3v) is 2.21. The van der Waals surface area contributed by atoms with E-state index in [1.54, 1.807) is 0 Å². The molecule has 1 rings (SSSR count). The van der Waals surface area contributed by atoms with E-state index >= 15 is 0 Å². The average molecular weight is 223 g/mol. The van der Waals surface area contributed by atoms with Gasteiger partial charge in [0.05, 0.1) is 5.37 Å². The number of hydrogen-bond donors (Lipinski definition) is 2. The van der Waals surface area contributed by atoms with E-state index in [9.17, 15) is 4.79 Å². The summed E-state index contributed by atoms with van der Waals surface area (Å²) in [6.07, 6.45) is 2.41. The first-order valence-electron chi connectivity index (χ1n) is 5.20. The highest BCUT2D eigenvalue weighted by Crippen LogP contribution is 2.04. The fraction of sp³-hybridized carbons (Fsp3) is 0.417. The van der Waals surface area contributed by atoms with E-state index in [1.807, 2.05) is 25.1 Å². The van der Waals surface area contributed by atoms with Crippen LogP contribution in [-0.2, 0) is 11.2 Å². The summed E-state index contributed by atoms with van der Waals surface area (Å²) in [5.41, 5.74) is 1.28. The maximum atomic E-state index is 11.3. The first-order valence-corrected chi connectivity index (χ1v) is 5.71. The van der Waals surface area contributed by atoms with Crippen LogP contribution in [0.25, 0.3) is 0 Å². The van der Waals surface area contributed by atoms with Gasteiger partial charge in [-0.15, -0.1) is 0 Å². The Bertz CT molecular complexity index is 298. The Labute approximate surface area is 96.5 Å². The molecule has 0 radical (unpaired) electrons. The van der Waals surface area contributed by atoms with Gasteiger partial charge in [0.2, 0.25) is 5.91 Å². The van der Waals surface area contributed by atoms with Gasteiger partial charge >= 0.3 is 0 Å². The summed E-state index contributed by atoms with van der Waals surface area (Å²) in [4.78, 5) is 11.3. The van der Waals surface area contributed by atoms with Gasteiger partial charge in [0, 0.05) is 6.42 Å². The van der Waals surface area contributed by atoms with E-state index in [0.29, 0.717) is 6.42 Å². The molecule has 0 heterocycles. The molecule has 1 atom stereocenters. The number of amides is 1. The summed E-state index contributed by atoms with van der Waals surface area (Å²) < 4.78 is 0. The minimum Gasteiger partial charge on any atom is -0.345 e. The van der Waals surface area contributed by atoms with Crippen molar-refractivity contribution in [3.8, 4) is 0 Å². The van der Waals surface area contributed by atoms with Gasteiger partial charge in [-0.25, -0.2) is 0 Å². The summed E-state index contributed by atoms with van der Waals surface area (Å²) in [5.74, 6) is 0.0773. The Balaban J connectivity index is 2.19. The lowest BCUT2D eigenvalue weighted by Crippen LogP contribution is -2.28. The van der Waals surface area contributed by atoms with Gasteiger partial charge in [0.15, 0.2) is 0 Å². The maximum Gasteiger partial charge on any atom is 0.220 e. The van der Waals surface area contributed by atoms with Crippen LogP contribution < -0.4 is 5.32 Å². The number of rotatable bonds is 5. The molecule has 0 aliphatic carbocycles. The van der Waals surface area contributed by atoms with Crippen LogP contribution in [0.15, 0.2) is 30.3 Å². The summed E-state index contributed by atoms with van der Waals surface area (Å²) >= 11 is 4.10. The predicted octanol–water partition coefficient (Wildman–Crippen LogP) is 2.40. The fourth-order valence-electron chi connectivity index (χ4n) is 1.40. The van der Waals surface area contributed by atoms with Crippen LogP contribution >= 0.6 is 12.6 Å². The second kappa shape index (κ2) is 6.51. The van der Waals surface area contributed by atoms with E-state index in [2.05, 4.69) is 30.1 Å². The SMILES string of the molecule is CC(S)NC(=O)CCCc1ccccc1. The average Bonchev–Trinajstić information content (AvgIpc) is 2.18. The van der Waals surface area contributed by atoms with Crippen LogP contribution in [0.3, 0.4) is 0 Å². The fourth-order valence-corrected chi connectivity index (χ4v) is 1.55. The zero-order valence-electron chi connectivity index (χ0n) is 8.94. The number of aryl methyl sites for hydroxylation is 1. The van der Waals surface area contributed by atoms with E-state index in [0.717, 1.165) is 12.8 Å². The van der Waals surface area contributed by atoms with E-state index < -0.39 is 0 Å². The summed E-state index contributed by atoms with van der Waals surface area (Å²) in [6.45, 7) is 1.85. The maximum absolute atomic E-state index is 11.3. The molecule has 0 saturated heterocycles. The highest BCUT2D eigenvalue weighted by Gasteiger charge is 2.02. The second-order valence-electron chi connectivity index (χ2n) is 3.58. The van der Waals surface area contributed by atoms with Gasteiger partial charge < -0.3 is 5.32 Å². The molecule has 3 heteroatoms. The molecular weight excluding hydrogens is 206 g/mol. The minimum atomic E-state index is -0.0609. The van der Waals surface area contributed by atoms with Crippen LogP contribution in [-0.4, -0.2) is 11.3 Å². The molecule has 1 N–H and O–H groups in total. The number of nitrogens with one attached hydrogen (secondary N) is 1. The molecule has 1 unspecified atom stereocenters. The van der Waals surface area contributed by atoms with E-state index in [-0.39, 0.29) is 11.3 Å². The van der Waals surface area contributed by atoms with Crippen molar-refractivity contribution in [3.63, 3.8) is 0 Å². The number of thiol groups is 1. The topological polar surface area (TPSA) is 29.1 Å². The summed E-state index contributed by atoms with van der Waals surface area (Å²) in [5, 5.41) is 2.69. The quantitative estimate of drug-likeness (QED) is 0.582. The lowest BCUT2D eigenvalue weighted by molar-refractivity contribution is -0.121. The van der Waals surface area contributed by atoms with Gasteiger partial charge in [-0.05, 0) is 25.3 Å². The number of benzene rings is 1. The number of hydrogen-bond acceptors (Lipinski definition) is 2. The second-order valence-corrected chi connectivity index (χ2v) is 4.36. The van der Waals surface area contributed by atoms with Crippen molar-refractivity contribution in [2.75, 3.05) is 0 Å². The molecule has 0 fully saturated rings. The van der Waals surface area contributed by atoms with Crippen LogP contribution in [0.5, 0.6) is 0 Å². The Hall–Kier alpha value is -0.960. The summed E-state index contributed by atoms with van der Waals surface area (Å²) in [6, 6.07) is 10.2. The highest BCUT2D eigenvalue weighted by molar-refractivity contribution is 7.80. The van der Waals surface area contributed by atoms with Crippen molar-refractivity contribution in [1.29, 1.82) is 0 Å². The molecule has 2 nitrogen and oxygen atoms in total. The first-order chi connectivity index (χ1) is 7.18. The molecule has 15 heavy (non-hydrogen) atoms. The number of carbonyl (C=O) groups excluding carboxylic acids is 1. The Kier molecular flexibility index (Phi) is 5.26. The van der Waals surface area contributed by atoms with Crippen molar-refractivity contribution in [2.45, 2.75) is 31.6 Å². The van der Waals surface area contributed by atoms with Gasteiger partial charge in [-0.1, -0.05) is 30.3 Å². The molecule has 0 bridgehead atoms. The van der Waals surface area contributed by atoms with Crippen molar-refractivity contribution < 1.29 is 4.79 Å². The molecule has 0 aliphatic heterocycles. The molecule has 1 amide bonds. The molecule has 0 aliphatic rings. The highest BCUT2D eigenvalue weighted by atomic mass is 32.1. The van der Waals surface area contributed by atoms with Crippen LogP contribution in [0.2, 0.25) is 0 Å². The predicted molar refractivity (Wildman–Crippen MR) is 66.0 cm³/mol. The van der Waals surface area contributed by atoms with E-state index in [1.165, 1.54) is 5.56 Å². The van der Waals surface area contributed by atoms with Crippen LogP contribution in [0.4, 0.5) is 0 Å². The van der Waals surface area contributed by atoms with Crippen molar-refractivity contribution in [3.05, 3.63) is 35.9 Å². The normalized spacial score (nSPS) is 12.1. The smallest absolute Gasteiger partial charge is 0.220 e. The van der Waals surface area contributed by atoms with Gasteiger partial charge in [0.1, 0.15) is 0 Å². The molecular formula is C12H17NOS. The zero-order chi connectivity index (χ0) is 11.1. The molecule has 0 aromatic heterocycles. The van der Waals surface area contributed by atoms with Gasteiger partial charge in [-0.3, -0.25) is 4.79 Å². The van der Waals surface area contributed by atoms with E-state index in [4.69, 9.17) is 0 Å². The number of carbonyl (C=O) groups is 1. The first kappa shape index (κ1) is 12.1. The Morgan fingerprint density at radius 1 is 1.40 bits per heavy atom. The largest absolute Gasteiger partial charge is 0.345 e.